The van der Waals surface area contributed by atoms with Gasteiger partial charge in [0.1, 0.15) is 6.10 Å². The molecule has 0 radical (unpaired) electrons. The average Bonchev–Trinajstić information content (AvgIpc) is 1.81. The van der Waals surface area contributed by atoms with Gasteiger partial charge in [0.05, 0.1) is 6.61 Å². The Bertz CT molecular complexity index is 129. The first kappa shape index (κ1) is 10.0. The first-order chi connectivity index (χ1) is 4.45. The fourth-order valence-corrected chi connectivity index (χ4v) is 0.419. The Morgan fingerprint density at radius 2 is 2.10 bits per heavy atom. The van der Waals surface area contributed by atoms with Crippen LogP contribution < -0.4 is 0 Å². The van der Waals surface area contributed by atoms with Gasteiger partial charge in [-0.3, -0.25) is 0 Å². The zero-order valence-electron chi connectivity index (χ0n) is 5.30. The van der Waals surface area contributed by atoms with Crippen molar-refractivity contribution in [3.05, 3.63) is 0 Å². The standard InChI is InChI=1S/C3H9O6P/c1-3(2-4)8-9-10(5,6)7/h3-4H,2H2,1H3,(H2,5,6,7)/t3-/m0/s1. The Morgan fingerprint density at radius 3 is 2.40 bits per heavy atom. The van der Waals surface area contributed by atoms with Gasteiger partial charge in [0.25, 0.3) is 0 Å². The Kier molecular flexibility index (Phi) is 4.04. The summed E-state index contributed by atoms with van der Waals surface area (Å²) in [6.07, 6.45) is -0.743. The van der Waals surface area contributed by atoms with Gasteiger partial charge in [-0.15, -0.1) is 4.67 Å². The van der Waals surface area contributed by atoms with E-state index >= 15 is 0 Å². The fourth-order valence-electron chi connectivity index (χ4n) is 0.160. The van der Waals surface area contributed by atoms with E-state index in [1.807, 2.05) is 0 Å². The number of phosphoric acid groups is 1. The van der Waals surface area contributed by atoms with Crippen molar-refractivity contribution in [1.82, 2.24) is 0 Å². The smallest absolute Gasteiger partial charge is 0.394 e. The topological polar surface area (TPSA) is 96.2 Å². The summed E-state index contributed by atoms with van der Waals surface area (Å²) in [5.41, 5.74) is 0. The van der Waals surface area contributed by atoms with Crippen molar-refractivity contribution in [3.8, 4) is 0 Å². The molecule has 0 bridgehead atoms. The summed E-state index contributed by atoms with van der Waals surface area (Å²) in [7, 11) is -4.57. The van der Waals surface area contributed by atoms with Crippen LogP contribution in [-0.2, 0) is 14.1 Å². The molecule has 6 nitrogen and oxygen atoms in total. The lowest BCUT2D eigenvalue weighted by atomic mass is 10.5. The van der Waals surface area contributed by atoms with Gasteiger partial charge in [-0.25, -0.2) is 9.45 Å². The molecule has 0 aromatic heterocycles. The maximum absolute atomic E-state index is 9.92. The fraction of sp³-hybridized carbons (Fsp3) is 1.00. The molecule has 0 spiro atoms. The van der Waals surface area contributed by atoms with Crippen LogP contribution >= 0.6 is 7.82 Å². The number of rotatable bonds is 4. The van der Waals surface area contributed by atoms with Gasteiger partial charge < -0.3 is 14.9 Å². The third-order valence-corrected chi connectivity index (χ3v) is 0.842. The Labute approximate surface area is 57.6 Å². The highest BCUT2D eigenvalue weighted by Gasteiger charge is 2.16. The molecule has 3 N–H and O–H groups in total. The van der Waals surface area contributed by atoms with E-state index in [1.54, 1.807) is 0 Å². The molecule has 0 fully saturated rings. The predicted molar refractivity (Wildman–Crippen MR) is 30.8 cm³/mol. The summed E-state index contributed by atoms with van der Waals surface area (Å²) in [6.45, 7) is 1.04. The molecule has 0 aliphatic heterocycles. The van der Waals surface area contributed by atoms with E-state index < -0.39 is 13.9 Å². The maximum Gasteiger partial charge on any atom is 0.496 e. The molecule has 0 aromatic carbocycles. The normalized spacial score (nSPS) is 15.2. The van der Waals surface area contributed by atoms with E-state index in [2.05, 4.69) is 9.56 Å². The van der Waals surface area contributed by atoms with Crippen molar-refractivity contribution in [2.45, 2.75) is 13.0 Å². The first-order valence-corrected chi connectivity index (χ1v) is 4.00. The Balaban J connectivity index is 3.46. The van der Waals surface area contributed by atoms with Gasteiger partial charge in [-0.2, -0.15) is 0 Å². The third kappa shape index (κ3) is 6.15. The predicted octanol–water partition coefficient (Wildman–Crippen LogP) is -0.592. The molecule has 10 heavy (non-hydrogen) atoms. The van der Waals surface area contributed by atoms with Crippen molar-refractivity contribution in [2.75, 3.05) is 6.61 Å². The molecule has 0 saturated heterocycles. The minimum atomic E-state index is -4.57. The van der Waals surface area contributed by atoms with Crippen molar-refractivity contribution in [3.63, 3.8) is 0 Å². The van der Waals surface area contributed by atoms with Crippen LogP contribution in [0, 0.1) is 0 Å². The van der Waals surface area contributed by atoms with Crippen LogP contribution in [0.4, 0.5) is 0 Å². The molecule has 0 unspecified atom stereocenters. The van der Waals surface area contributed by atoms with E-state index in [9.17, 15) is 4.57 Å². The molecule has 0 amide bonds. The highest BCUT2D eigenvalue weighted by atomic mass is 31.2. The summed E-state index contributed by atoms with van der Waals surface area (Å²) in [6, 6.07) is 0. The summed E-state index contributed by atoms with van der Waals surface area (Å²) >= 11 is 0. The Hall–Kier alpha value is 0.0300. The molecule has 1 atom stereocenters. The van der Waals surface area contributed by atoms with Gasteiger partial charge in [-0.1, -0.05) is 0 Å². The molecular weight excluding hydrogens is 163 g/mol. The molecule has 0 rings (SSSR count). The zero-order chi connectivity index (χ0) is 8.20. The van der Waals surface area contributed by atoms with E-state index in [4.69, 9.17) is 14.9 Å². The molecule has 0 aliphatic carbocycles. The van der Waals surface area contributed by atoms with Crippen molar-refractivity contribution < 1.29 is 29.0 Å². The SMILES string of the molecule is C[C@@H](CO)OOP(=O)(O)O. The Morgan fingerprint density at radius 1 is 1.60 bits per heavy atom. The second-order valence-corrected chi connectivity index (χ2v) is 2.78. The number of aliphatic hydroxyl groups is 1. The van der Waals surface area contributed by atoms with Gasteiger partial charge >= 0.3 is 7.82 Å². The molecule has 7 heteroatoms. The van der Waals surface area contributed by atoms with Crippen LogP contribution in [0.1, 0.15) is 6.92 Å². The van der Waals surface area contributed by atoms with Gasteiger partial charge in [0.15, 0.2) is 0 Å². The van der Waals surface area contributed by atoms with Crippen LogP contribution in [0.15, 0.2) is 0 Å². The van der Waals surface area contributed by atoms with E-state index in [0.29, 0.717) is 0 Å². The largest absolute Gasteiger partial charge is 0.496 e. The van der Waals surface area contributed by atoms with Gasteiger partial charge in [0.2, 0.25) is 0 Å². The maximum atomic E-state index is 9.92. The van der Waals surface area contributed by atoms with Crippen molar-refractivity contribution >= 4 is 7.82 Å². The summed E-state index contributed by atoms with van der Waals surface area (Å²) in [4.78, 5) is 20.1. The van der Waals surface area contributed by atoms with Gasteiger partial charge in [0, 0.05) is 0 Å². The molecule has 0 saturated carbocycles. The van der Waals surface area contributed by atoms with Crippen LogP contribution in [0.5, 0.6) is 0 Å². The summed E-state index contributed by atoms with van der Waals surface area (Å²) < 4.78 is 13.5. The highest BCUT2D eigenvalue weighted by molar-refractivity contribution is 7.46. The third-order valence-electron chi connectivity index (χ3n) is 0.562. The molecule has 62 valence electrons. The van der Waals surface area contributed by atoms with Crippen LogP contribution in [-0.4, -0.2) is 27.6 Å². The molecule has 0 aliphatic rings. The zero-order valence-corrected chi connectivity index (χ0v) is 6.19. The molecule has 0 aromatic rings. The van der Waals surface area contributed by atoms with Crippen LogP contribution in [0.2, 0.25) is 0 Å². The second kappa shape index (κ2) is 4.02. The number of aliphatic hydroxyl groups excluding tert-OH is 1. The summed E-state index contributed by atoms with van der Waals surface area (Å²) in [5.74, 6) is 0. The number of hydrogen-bond donors (Lipinski definition) is 3. The van der Waals surface area contributed by atoms with Crippen LogP contribution in [0.3, 0.4) is 0 Å². The lowest BCUT2D eigenvalue weighted by Crippen LogP contribution is -2.12. The molecular formula is C3H9O6P. The van der Waals surface area contributed by atoms with E-state index in [-0.39, 0.29) is 6.61 Å². The minimum Gasteiger partial charge on any atom is -0.394 e. The minimum absolute atomic E-state index is 0.361. The number of hydrogen-bond acceptors (Lipinski definition) is 4. The average molecular weight is 172 g/mol. The monoisotopic (exact) mass is 172 g/mol. The van der Waals surface area contributed by atoms with E-state index in [0.717, 1.165) is 0 Å². The van der Waals surface area contributed by atoms with Gasteiger partial charge in [-0.05, 0) is 6.92 Å². The lowest BCUT2D eigenvalue weighted by Gasteiger charge is -2.08. The lowest BCUT2D eigenvalue weighted by molar-refractivity contribution is -0.259. The first-order valence-electron chi connectivity index (χ1n) is 2.47. The van der Waals surface area contributed by atoms with Crippen molar-refractivity contribution in [2.24, 2.45) is 0 Å². The quantitative estimate of drug-likeness (QED) is 0.298. The summed E-state index contributed by atoms with van der Waals surface area (Å²) in [5, 5.41) is 8.27. The molecule has 0 heterocycles. The van der Waals surface area contributed by atoms with E-state index in [1.165, 1.54) is 6.92 Å². The van der Waals surface area contributed by atoms with Crippen LogP contribution in [0.25, 0.3) is 0 Å². The highest BCUT2D eigenvalue weighted by Crippen LogP contribution is 2.36. The second-order valence-electron chi connectivity index (χ2n) is 1.65. The van der Waals surface area contributed by atoms with Crippen molar-refractivity contribution in [1.29, 1.82) is 0 Å².